The van der Waals surface area contributed by atoms with Gasteiger partial charge in [0.15, 0.2) is 0 Å². The molecule has 1 aromatic carbocycles. The van der Waals surface area contributed by atoms with Gasteiger partial charge >= 0.3 is 0 Å². The van der Waals surface area contributed by atoms with Crippen LogP contribution in [0.1, 0.15) is 4.88 Å². The summed E-state index contributed by atoms with van der Waals surface area (Å²) >= 11 is 1.60. The molecule has 0 saturated heterocycles. The molecule has 0 aliphatic rings. The monoisotopic (exact) mass is 286 g/mol. The highest BCUT2D eigenvalue weighted by molar-refractivity contribution is 7.18. The molecule has 3 rings (SSSR count). The quantitative estimate of drug-likeness (QED) is 0.772. The standard InChI is InChI=1S/C14H14N4OS/c1-8-6-11-12(17-14(15)18-13(11)20-8)16-9-4-3-5-10(7-9)19-2/h3-7H,1-2H3,(H3,15,16,17,18). The third-order valence-electron chi connectivity index (χ3n) is 2.87. The van der Waals surface area contributed by atoms with Crippen LogP contribution in [0.15, 0.2) is 30.3 Å². The number of nitrogens with two attached hydrogens (primary N) is 1. The van der Waals surface area contributed by atoms with Crippen LogP contribution >= 0.6 is 11.3 Å². The number of thiophene rings is 1. The van der Waals surface area contributed by atoms with Gasteiger partial charge in [-0.15, -0.1) is 11.3 Å². The van der Waals surface area contributed by atoms with E-state index in [1.54, 1.807) is 18.4 Å². The second-order valence-corrected chi connectivity index (χ2v) is 5.60. The first-order chi connectivity index (χ1) is 9.65. The van der Waals surface area contributed by atoms with Crippen LogP contribution < -0.4 is 15.8 Å². The first-order valence-electron chi connectivity index (χ1n) is 6.10. The van der Waals surface area contributed by atoms with Crippen LogP contribution in [0.2, 0.25) is 0 Å². The number of aryl methyl sites for hydroxylation is 1. The maximum absolute atomic E-state index is 5.76. The van der Waals surface area contributed by atoms with Crippen molar-refractivity contribution in [2.75, 3.05) is 18.2 Å². The molecule has 0 aliphatic heterocycles. The largest absolute Gasteiger partial charge is 0.497 e. The van der Waals surface area contributed by atoms with Crippen LogP contribution in [-0.2, 0) is 0 Å². The van der Waals surface area contributed by atoms with E-state index >= 15 is 0 Å². The van der Waals surface area contributed by atoms with Crippen LogP contribution in [0.5, 0.6) is 5.75 Å². The Morgan fingerprint density at radius 3 is 2.90 bits per heavy atom. The van der Waals surface area contributed by atoms with E-state index in [0.29, 0.717) is 5.82 Å². The fourth-order valence-corrected chi connectivity index (χ4v) is 2.88. The lowest BCUT2D eigenvalue weighted by atomic mass is 10.3. The van der Waals surface area contributed by atoms with Gasteiger partial charge in [0.25, 0.3) is 0 Å². The van der Waals surface area contributed by atoms with E-state index in [4.69, 9.17) is 10.5 Å². The molecule has 0 spiro atoms. The molecule has 0 aliphatic carbocycles. The van der Waals surface area contributed by atoms with E-state index in [2.05, 4.69) is 21.4 Å². The summed E-state index contributed by atoms with van der Waals surface area (Å²) in [6.07, 6.45) is 0. The van der Waals surface area contributed by atoms with Crippen molar-refractivity contribution in [1.82, 2.24) is 9.97 Å². The zero-order chi connectivity index (χ0) is 14.1. The van der Waals surface area contributed by atoms with Crippen LogP contribution in [0.3, 0.4) is 0 Å². The summed E-state index contributed by atoms with van der Waals surface area (Å²) in [7, 11) is 1.64. The van der Waals surface area contributed by atoms with E-state index in [1.807, 2.05) is 31.2 Å². The number of rotatable bonds is 3. The molecule has 5 nitrogen and oxygen atoms in total. The maximum Gasteiger partial charge on any atom is 0.223 e. The number of anilines is 3. The zero-order valence-electron chi connectivity index (χ0n) is 11.2. The fourth-order valence-electron chi connectivity index (χ4n) is 1.99. The normalized spacial score (nSPS) is 10.7. The highest BCUT2D eigenvalue weighted by Gasteiger charge is 2.09. The Morgan fingerprint density at radius 1 is 1.25 bits per heavy atom. The average Bonchev–Trinajstić information content (AvgIpc) is 2.79. The van der Waals surface area contributed by atoms with Gasteiger partial charge in [0.1, 0.15) is 16.4 Å². The number of nitrogen functional groups attached to an aromatic ring is 1. The number of benzene rings is 1. The summed E-state index contributed by atoms with van der Waals surface area (Å²) in [6.45, 7) is 2.04. The van der Waals surface area contributed by atoms with Gasteiger partial charge in [-0.2, -0.15) is 4.98 Å². The molecule has 0 saturated carbocycles. The van der Waals surface area contributed by atoms with Gasteiger partial charge in [0, 0.05) is 16.6 Å². The number of aromatic nitrogens is 2. The molecule has 0 amide bonds. The minimum absolute atomic E-state index is 0.268. The Labute approximate surface area is 120 Å². The highest BCUT2D eigenvalue weighted by Crippen LogP contribution is 2.31. The Kier molecular flexibility index (Phi) is 3.15. The lowest BCUT2D eigenvalue weighted by Gasteiger charge is -2.08. The zero-order valence-corrected chi connectivity index (χ0v) is 12.0. The van der Waals surface area contributed by atoms with Crippen LogP contribution in [0.25, 0.3) is 10.2 Å². The van der Waals surface area contributed by atoms with Crippen molar-refractivity contribution in [3.05, 3.63) is 35.2 Å². The van der Waals surface area contributed by atoms with E-state index in [0.717, 1.165) is 21.7 Å². The number of hydrogen-bond donors (Lipinski definition) is 2. The van der Waals surface area contributed by atoms with Crippen molar-refractivity contribution < 1.29 is 4.74 Å². The van der Waals surface area contributed by atoms with E-state index in [9.17, 15) is 0 Å². The lowest BCUT2D eigenvalue weighted by Crippen LogP contribution is -2.00. The number of nitrogens with zero attached hydrogens (tertiary/aromatic N) is 2. The Morgan fingerprint density at radius 2 is 2.10 bits per heavy atom. The minimum Gasteiger partial charge on any atom is -0.497 e. The van der Waals surface area contributed by atoms with Gasteiger partial charge in [-0.25, -0.2) is 4.98 Å². The van der Waals surface area contributed by atoms with Gasteiger partial charge < -0.3 is 15.8 Å². The fraction of sp³-hybridized carbons (Fsp3) is 0.143. The second kappa shape index (κ2) is 4.97. The molecule has 2 aromatic heterocycles. The smallest absolute Gasteiger partial charge is 0.223 e. The number of ether oxygens (including phenoxy) is 1. The molecular formula is C14H14N4OS. The SMILES string of the molecule is COc1cccc(Nc2nc(N)nc3sc(C)cc23)c1. The molecular weight excluding hydrogens is 272 g/mol. The molecule has 2 heterocycles. The molecule has 3 aromatic rings. The molecule has 6 heteroatoms. The van der Waals surface area contributed by atoms with Crippen LogP contribution in [0.4, 0.5) is 17.5 Å². The summed E-state index contributed by atoms with van der Waals surface area (Å²) in [6, 6.07) is 9.73. The van der Waals surface area contributed by atoms with Crippen molar-refractivity contribution >= 4 is 39.0 Å². The third-order valence-corrected chi connectivity index (χ3v) is 3.81. The predicted molar refractivity (Wildman–Crippen MR) is 82.8 cm³/mol. The second-order valence-electron chi connectivity index (χ2n) is 4.36. The molecule has 0 fully saturated rings. The molecule has 0 atom stereocenters. The first-order valence-corrected chi connectivity index (χ1v) is 6.92. The molecule has 0 radical (unpaired) electrons. The van der Waals surface area contributed by atoms with Crippen molar-refractivity contribution in [1.29, 1.82) is 0 Å². The van der Waals surface area contributed by atoms with E-state index < -0.39 is 0 Å². The molecule has 3 N–H and O–H groups in total. The highest BCUT2D eigenvalue weighted by atomic mass is 32.1. The summed E-state index contributed by atoms with van der Waals surface area (Å²) in [4.78, 5) is 10.6. The molecule has 0 bridgehead atoms. The Balaban J connectivity index is 2.05. The van der Waals surface area contributed by atoms with E-state index in [-0.39, 0.29) is 5.95 Å². The molecule has 20 heavy (non-hydrogen) atoms. The van der Waals surface area contributed by atoms with Gasteiger partial charge in [0.05, 0.1) is 12.5 Å². The molecule has 0 unspecified atom stereocenters. The summed E-state index contributed by atoms with van der Waals surface area (Å²) in [5.41, 5.74) is 6.66. The number of methoxy groups -OCH3 is 1. The topological polar surface area (TPSA) is 73.1 Å². The number of fused-ring (bicyclic) bond motifs is 1. The predicted octanol–water partition coefficient (Wildman–Crippen LogP) is 3.33. The van der Waals surface area contributed by atoms with Gasteiger partial charge in [0.2, 0.25) is 5.95 Å². The summed E-state index contributed by atoms with van der Waals surface area (Å²) in [5, 5.41) is 4.25. The first kappa shape index (κ1) is 12.7. The minimum atomic E-state index is 0.268. The average molecular weight is 286 g/mol. The maximum atomic E-state index is 5.76. The summed E-state index contributed by atoms with van der Waals surface area (Å²) < 4.78 is 5.21. The lowest BCUT2D eigenvalue weighted by molar-refractivity contribution is 0.415. The van der Waals surface area contributed by atoms with E-state index in [1.165, 1.54) is 4.88 Å². The Hall–Kier alpha value is -2.34. The van der Waals surface area contributed by atoms with Crippen molar-refractivity contribution in [2.45, 2.75) is 6.92 Å². The van der Waals surface area contributed by atoms with Crippen molar-refractivity contribution in [2.24, 2.45) is 0 Å². The van der Waals surface area contributed by atoms with Gasteiger partial charge in [-0.05, 0) is 25.1 Å². The van der Waals surface area contributed by atoms with Crippen LogP contribution in [-0.4, -0.2) is 17.1 Å². The van der Waals surface area contributed by atoms with Crippen molar-refractivity contribution in [3.63, 3.8) is 0 Å². The third kappa shape index (κ3) is 2.37. The summed E-state index contributed by atoms with van der Waals surface area (Å²) in [5.74, 6) is 1.77. The van der Waals surface area contributed by atoms with Crippen LogP contribution in [0, 0.1) is 6.92 Å². The van der Waals surface area contributed by atoms with Gasteiger partial charge in [-0.1, -0.05) is 6.07 Å². The Bertz CT molecular complexity index is 769. The molecule has 102 valence electrons. The van der Waals surface area contributed by atoms with Gasteiger partial charge in [-0.3, -0.25) is 0 Å². The van der Waals surface area contributed by atoms with Crippen molar-refractivity contribution in [3.8, 4) is 5.75 Å². The number of nitrogens with one attached hydrogen (secondary N) is 1. The number of hydrogen-bond acceptors (Lipinski definition) is 6.